The number of carbonyl (C=O) groups is 2. The van der Waals surface area contributed by atoms with Crippen LogP contribution in [-0.4, -0.2) is 47.3 Å². The number of halogens is 1. The Kier molecular flexibility index (Phi) is 7.28. The lowest BCUT2D eigenvalue weighted by Gasteiger charge is -2.41. The van der Waals surface area contributed by atoms with E-state index in [9.17, 15) is 19.2 Å². The van der Waals surface area contributed by atoms with E-state index in [0.29, 0.717) is 18.8 Å². The van der Waals surface area contributed by atoms with Gasteiger partial charge in [-0.1, -0.05) is 25.0 Å². The van der Waals surface area contributed by atoms with E-state index in [-0.39, 0.29) is 29.0 Å². The zero-order valence-electron chi connectivity index (χ0n) is 19.8. The fourth-order valence-electron chi connectivity index (χ4n) is 5.15. The van der Waals surface area contributed by atoms with Crippen molar-refractivity contribution in [2.45, 2.75) is 52.1 Å². The molecule has 2 fully saturated rings. The summed E-state index contributed by atoms with van der Waals surface area (Å²) in [6, 6.07) is 11.5. The highest BCUT2D eigenvalue weighted by atomic mass is 19.1. The maximum Gasteiger partial charge on any atom is 0.257 e. The minimum atomic E-state index is -0.440. The predicted molar refractivity (Wildman–Crippen MR) is 129 cm³/mol. The largest absolute Gasteiger partial charge is 0.337 e. The van der Waals surface area contributed by atoms with Crippen LogP contribution in [0.2, 0.25) is 0 Å². The molecule has 2 amide bonds. The SMILES string of the molecule is Cc1c(CN2CCN(C(=O)C3CCCC3)[C@@H](C)C2)cc(F)cc1NC(=O)c1ccccc1C#N. The molecule has 34 heavy (non-hydrogen) atoms. The minimum absolute atomic E-state index is 0.109. The van der Waals surface area contributed by atoms with E-state index in [1.165, 1.54) is 12.1 Å². The topological polar surface area (TPSA) is 76.4 Å². The van der Waals surface area contributed by atoms with Crippen molar-refractivity contribution in [1.29, 1.82) is 5.26 Å². The Hall–Kier alpha value is -3.24. The first-order chi connectivity index (χ1) is 16.4. The maximum absolute atomic E-state index is 14.5. The summed E-state index contributed by atoms with van der Waals surface area (Å²) in [5.74, 6) is -0.400. The Balaban J connectivity index is 1.45. The molecule has 2 aromatic rings. The lowest BCUT2D eigenvalue weighted by atomic mass is 10.0. The zero-order chi connectivity index (χ0) is 24.2. The molecule has 1 atom stereocenters. The first-order valence-electron chi connectivity index (χ1n) is 12.0. The van der Waals surface area contributed by atoms with Crippen molar-refractivity contribution in [2.24, 2.45) is 5.92 Å². The standard InChI is InChI=1S/C27H31FN4O2/c1-18-16-31(11-12-32(18)27(34)20-7-3-4-8-20)17-22-13-23(28)14-25(19(22)2)30-26(33)24-10-6-5-9-21(24)15-29/h5-6,9-10,13-14,18,20H,3-4,7-8,11-12,16-17H2,1-2H3,(H,30,33)/t18-/m0/s1. The van der Waals surface area contributed by atoms with Crippen molar-refractivity contribution in [3.8, 4) is 6.07 Å². The molecular weight excluding hydrogens is 431 g/mol. The zero-order valence-corrected chi connectivity index (χ0v) is 19.8. The molecule has 1 aliphatic carbocycles. The predicted octanol–water partition coefficient (Wildman–Crippen LogP) is 4.48. The highest BCUT2D eigenvalue weighted by Crippen LogP contribution is 2.29. The second-order valence-electron chi connectivity index (χ2n) is 9.45. The summed E-state index contributed by atoms with van der Waals surface area (Å²) in [7, 11) is 0. The van der Waals surface area contributed by atoms with Crippen LogP contribution in [0.1, 0.15) is 59.7 Å². The molecule has 0 spiro atoms. The van der Waals surface area contributed by atoms with Crippen molar-refractivity contribution >= 4 is 17.5 Å². The molecule has 1 aliphatic heterocycles. The van der Waals surface area contributed by atoms with E-state index in [2.05, 4.69) is 17.1 Å². The molecule has 2 aliphatic rings. The first-order valence-corrected chi connectivity index (χ1v) is 12.0. The molecule has 178 valence electrons. The maximum atomic E-state index is 14.5. The van der Waals surface area contributed by atoms with Gasteiger partial charge < -0.3 is 10.2 Å². The van der Waals surface area contributed by atoms with Crippen molar-refractivity contribution in [2.75, 3.05) is 25.0 Å². The van der Waals surface area contributed by atoms with Gasteiger partial charge in [-0.15, -0.1) is 0 Å². The summed E-state index contributed by atoms with van der Waals surface area (Å²) >= 11 is 0. The molecule has 1 saturated heterocycles. The van der Waals surface area contributed by atoms with Gasteiger partial charge in [-0.05, 0) is 62.1 Å². The minimum Gasteiger partial charge on any atom is -0.337 e. The Morgan fingerprint density at radius 3 is 2.62 bits per heavy atom. The van der Waals surface area contributed by atoms with Crippen LogP contribution < -0.4 is 5.32 Å². The van der Waals surface area contributed by atoms with E-state index in [0.717, 1.165) is 49.9 Å². The van der Waals surface area contributed by atoms with Crippen molar-refractivity contribution in [1.82, 2.24) is 9.80 Å². The van der Waals surface area contributed by atoms with Crippen molar-refractivity contribution in [3.63, 3.8) is 0 Å². The monoisotopic (exact) mass is 462 g/mol. The van der Waals surface area contributed by atoms with Crippen LogP contribution in [0.25, 0.3) is 0 Å². The van der Waals surface area contributed by atoms with Gasteiger partial charge in [0.15, 0.2) is 0 Å². The summed E-state index contributed by atoms with van der Waals surface area (Å²) in [5.41, 5.74) is 2.52. The van der Waals surface area contributed by atoms with Crippen molar-refractivity contribution < 1.29 is 14.0 Å². The average Bonchev–Trinajstić information content (AvgIpc) is 3.37. The van der Waals surface area contributed by atoms with Gasteiger partial charge in [0.1, 0.15) is 5.82 Å². The molecule has 0 unspecified atom stereocenters. The van der Waals surface area contributed by atoms with Gasteiger partial charge in [-0.2, -0.15) is 5.26 Å². The van der Waals surface area contributed by atoms with E-state index in [1.54, 1.807) is 24.3 Å². The van der Waals surface area contributed by atoms with Gasteiger partial charge in [0.05, 0.1) is 17.2 Å². The molecule has 0 bridgehead atoms. The number of piperazine rings is 1. The summed E-state index contributed by atoms with van der Waals surface area (Å²) in [6.45, 7) is 6.62. The van der Waals surface area contributed by atoms with Crippen LogP contribution in [0.3, 0.4) is 0 Å². The average molecular weight is 463 g/mol. The second kappa shape index (κ2) is 10.4. The molecule has 2 aromatic carbocycles. The van der Waals surface area contributed by atoms with E-state index >= 15 is 0 Å². The van der Waals surface area contributed by atoms with Gasteiger partial charge in [0, 0.05) is 43.8 Å². The smallest absolute Gasteiger partial charge is 0.257 e. The van der Waals surface area contributed by atoms with Gasteiger partial charge in [0.2, 0.25) is 5.91 Å². The third kappa shape index (κ3) is 5.13. The van der Waals surface area contributed by atoms with Crippen molar-refractivity contribution in [3.05, 3.63) is 64.5 Å². The number of carbonyl (C=O) groups excluding carboxylic acids is 2. The number of hydrogen-bond acceptors (Lipinski definition) is 4. The Labute approximate surface area is 200 Å². The second-order valence-corrected chi connectivity index (χ2v) is 9.45. The Morgan fingerprint density at radius 2 is 1.91 bits per heavy atom. The van der Waals surface area contributed by atoms with Gasteiger partial charge in [-0.3, -0.25) is 14.5 Å². The number of nitrogens with one attached hydrogen (secondary N) is 1. The molecule has 0 radical (unpaired) electrons. The number of rotatable bonds is 5. The first kappa shape index (κ1) is 23.9. The number of hydrogen-bond donors (Lipinski definition) is 1. The molecule has 7 heteroatoms. The van der Waals surface area contributed by atoms with E-state index < -0.39 is 11.7 Å². The molecule has 1 saturated carbocycles. The molecule has 1 heterocycles. The van der Waals surface area contributed by atoms with Gasteiger partial charge in [-0.25, -0.2) is 4.39 Å². The van der Waals surface area contributed by atoms with Crippen LogP contribution in [0.4, 0.5) is 10.1 Å². The highest BCUT2D eigenvalue weighted by molar-refractivity contribution is 6.06. The van der Waals surface area contributed by atoms with E-state index in [1.807, 2.05) is 17.9 Å². The third-order valence-corrected chi connectivity index (χ3v) is 7.11. The number of anilines is 1. The lowest BCUT2D eigenvalue weighted by molar-refractivity contribution is -0.140. The third-order valence-electron chi connectivity index (χ3n) is 7.11. The van der Waals surface area contributed by atoms with Crippen LogP contribution in [0.15, 0.2) is 36.4 Å². The number of benzene rings is 2. The van der Waals surface area contributed by atoms with Crippen LogP contribution >= 0.6 is 0 Å². The van der Waals surface area contributed by atoms with Gasteiger partial charge >= 0.3 is 0 Å². The normalized spacial score (nSPS) is 19.1. The lowest BCUT2D eigenvalue weighted by Crippen LogP contribution is -2.54. The van der Waals surface area contributed by atoms with E-state index in [4.69, 9.17) is 0 Å². The summed E-state index contributed by atoms with van der Waals surface area (Å²) in [6.07, 6.45) is 4.29. The Bertz CT molecular complexity index is 1120. The Morgan fingerprint density at radius 1 is 1.18 bits per heavy atom. The van der Waals surface area contributed by atoms with Crippen LogP contribution in [-0.2, 0) is 11.3 Å². The van der Waals surface area contributed by atoms with Crippen LogP contribution in [0.5, 0.6) is 0 Å². The number of nitriles is 1. The highest BCUT2D eigenvalue weighted by Gasteiger charge is 2.33. The molecule has 1 N–H and O–H groups in total. The number of nitrogens with zero attached hydrogens (tertiary/aromatic N) is 3. The molecule has 6 nitrogen and oxygen atoms in total. The van der Waals surface area contributed by atoms with Gasteiger partial charge in [0.25, 0.3) is 5.91 Å². The summed E-state index contributed by atoms with van der Waals surface area (Å²) in [5, 5.41) is 12.1. The quantitative estimate of drug-likeness (QED) is 0.711. The molecular formula is C27H31FN4O2. The summed E-state index contributed by atoms with van der Waals surface area (Å²) in [4.78, 5) is 29.9. The summed E-state index contributed by atoms with van der Waals surface area (Å²) < 4.78 is 14.5. The fraction of sp³-hybridized carbons (Fsp3) is 0.444. The van der Waals surface area contributed by atoms with Crippen LogP contribution in [0, 0.1) is 30.0 Å². The molecule has 4 rings (SSSR count). The molecule has 0 aromatic heterocycles. The fourth-order valence-corrected chi connectivity index (χ4v) is 5.15. The number of amides is 2.